The molecule has 1 N–H and O–H groups in total. The first kappa shape index (κ1) is 27.5. The first-order valence-electron chi connectivity index (χ1n) is 13.3. The number of anilines is 1. The maximum absolute atomic E-state index is 13.3. The summed E-state index contributed by atoms with van der Waals surface area (Å²) >= 11 is 6.28. The van der Waals surface area contributed by atoms with E-state index in [9.17, 15) is 4.79 Å². The van der Waals surface area contributed by atoms with E-state index in [0.717, 1.165) is 42.7 Å². The molecule has 2 heterocycles. The van der Waals surface area contributed by atoms with Crippen LogP contribution in [0.1, 0.15) is 30.4 Å². The molecule has 1 amide bonds. The van der Waals surface area contributed by atoms with Gasteiger partial charge in [0.05, 0.1) is 32.5 Å². The topological polar surface area (TPSA) is 90.7 Å². The zero-order valence-electron chi connectivity index (χ0n) is 22.4. The average Bonchev–Trinajstić information content (AvgIpc) is 3.45. The highest BCUT2D eigenvalue weighted by Gasteiger charge is 2.17. The number of halogens is 1. The van der Waals surface area contributed by atoms with Gasteiger partial charge in [-0.05, 0) is 73.8 Å². The molecule has 40 heavy (non-hydrogen) atoms. The van der Waals surface area contributed by atoms with E-state index < -0.39 is 0 Å². The summed E-state index contributed by atoms with van der Waals surface area (Å²) in [5, 5.41) is 7.72. The molecule has 0 spiro atoms. The molecular formula is C30H32ClN5O4. The van der Waals surface area contributed by atoms with E-state index in [1.165, 1.54) is 6.33 Å². The van der Waals surface area contributed by atoms with Gasteiger partial charge in [-0.2, -0.15) is 5.10 Å². The quantitative estimate of drug-likeness (QED) is 0.330. The van der Waals surface area contributed by atoms with Crippen molar-refractivity contribution in [2.45, 2.75) is 32.4 Å². The van der Waals surface area contributed by atoms with E-state index in [1.807, 2.05) is 36.4 Å². The van der Waals surface area contributed by atoms with Crippen molar-refractivity contribution in [2.24, 2.45) is 0 Å². The van der Waals surface area contributed by atoms with Gasteiger partial charge in [0.25, 0.3) is 0 Å². The summed E-state index contributed by atoms with van der Waals surface area (Å²) in [6.45, 7) is 2.69. The molecule has 4 aromatic rings. The number of methoxy groups -OCH3 is 1. The number of amides is 1. The van der Waals surface area contributed by atoms with Crippen LogP contribution in [0, 0.1) is 0 Å². The Morgan fingerprint density at radius 1 is 1.00 bits per heavy atom. The van der Waals surface area contributed by atoms with Crippen LogP contribution in [0.25, 0.3) is 0 Å². The fourth-order valence-electron chi connectivity index (χ4n) is 4.67. The van der Waals surface area contributed by atoms with Crippen LogP contribution in [0.2, 0.25) is 5.02 Å². The lowest BCUT2D eigenvalue weighted by Crippen LogP contribution is -2.33. The van der Waals surface area contributed by atoms with Crippen molar-refractivity contribution >= 4 is 23.2 Å². The number of nitrogens with one attached hydrogen (secondary N) is 1. The van der Waals surface area contributed by atoms with Crippen LogP contribution in [0.4, 0.5) is 5.69 Å². The third kappa shape index (κ3) is 7.31. The van der Waals surface area contributed by atoms with Gasteiger partial charge in [-0.15, -0.1) is 0 Å². The number of benzene rings is 3. The second kappa shape index (κ2) is 13.3. The van der Waals surface area contributed by atoms with Gasteiger partial charge in [-0.25, -0.2) is 9.67 Å². The zero-order chi connectivity index (χ0) is 27.7. The Morgan fingerprint density at radius 2 is 1.88 bits per heavy atom. The molecule has 9 nitrogen and oxygen atoms in total. The molecule has 1 aromatic heterocycles. The fourth-order valence-corrected chi connectivity index (χ4v) is 4.84. The number of para-hydroxylation sites is 2. The van der Waals surface area contributed by atoms with Crippen molar-refractivity contribution < 1.29 is 19.0 Å². The van der Waals surface area contributed by atoms with Gasteiger partial charge < -0.3 is 19.5 Å². The third-order valence-electron chi connectivity index (χ3n) is 6.58. The van der Waals surface area contributed by atoms with E-state index in [0.29, 0.717) is 47.7 Å². The number of nitrogens with zero attached hydrogens (tertiary/aromatic N) is 4. The Balaban J connectivity index is 1.36. The summed E-state index contributed by atoms with van der Waals surface area (Å²) in [6.07, 6.45) is 5.98. The average molecular weight is 562 g/mol. The maximum atomic E-state index is 13.3. The zero-order valence-corrected chi connectivity index (χ0v) is 23.1. The molecule has 0 radical (unpaired) electrons. The number of rotatable bonds is 5. The summed E-state index contributed by atoms with van der Waals surface area (Å²) in [5.41, 5.74) is 2.57. The fraction of sp³-hybridized carbons (Fsp3) is 0.300. The molecule has 1 aliphatic heterocycles. The van der Waals surface area contributed by atoms with Crippen LogP contribution in [-0.2, 0) is 17.9 Å². The highest BCUT2D eigenvalue weighted by molar-refractivity contribution is 6.31. The van der Waals surface area contributed by atoms with E-state index in [-0.39, 0.29) is 12.5 Å². The van der Waals surface area contributed by atoms with Crippen molar-refractivity contribution in [1.29, 1.82) is 0 Å². The van der Waals surface area contributed by atoms with Crippen LogP contribution in [-0.4, -0.2) is 52.4 Å². The molecule has 0 atom stereocenters. The highest BCUT2D eigenvalue weighted by atomic mass is 35.5. The Bertz CT molecular complexity index is 1430. The second-order valence-corrected chi connectivity index (χ2v) is 10.0. The third-order valence-corrected chi connectivity index (χ3v) is 6.81. The predicted molar refractivity (Wildman–Crippen MR) is 153 cm³/mol. The first-order valence-corrected chi connectivity index (χ1v) is 13.6. The summed E-state index contributed by atoms with van der Waals surface area (Å²) < 4.78 is 19.6. The Hall–Kier alpha value is -4.08. The van der Waals surface area contributed by atoms with Crippen molar-refractivity contribution in [2.75, 3.05) is 32.1 Å². The van der Waals surface area contributed by atoms with Gasteiger partial charge in [0.15, 0.2) is 17.2 Å². The van der Waals surface area contributed by atoms with Crippen molar-refractivity contribution in [3.63, 3.8) is 0 Å². The summed E-state index contributed by atoms with van der Waals surface area (Å²) in [7, 11) is 1.66. The Morgan fingerprint density at radius 3 is 2.70 bits per heavy atom. The van der Waals surface area contributed by atoms with Gasteiger partial charge in [0, 0.05) is 17.1 Å². The standard InChI is InChI=1S/C30H32ClN5O4/c1-38-26-11-9-22(15-23(26)18-36-21-32-20-33-36)17-35-13-5-2-6-14-39-28-7-3-4-8-29(28)40-27-12-10-24(31)16-25(27)34-30(37)19-35/h3-4,7-12,15-16,20-21H,2,5-6,13-14,17-19H2,1H3,(H,34,37). The highest BCUT2D eigenvalue weighted by Crippen LogP contribution is 2.36. The minimum absolute atomic E-state index is 0.150. The van der Waals surface area contributed by atoms with Crippen LogP contribution in [0.3, 0.4) is 0 Å². The molecule has 0 saturated heterocycles. The normalized spacial score (nSPS) is 14.9. The number of hydrogen-bond acceptors (Lipinski definition) is 7. The summed E-state index contributed by atoms with van der Waals surface area (Å²) in [6, 6.07) is 18.8. The number of carbonyl (C=O) groups excluding carboxylic acids is 1. The molecule has 208 valence electrons. The van der Waals surface area contributed by atoms with Gasteiger partial charge in [-0.1, -0.05) is 29.8 Å². The van der Waals surface area contributed by atoms with Gasteiger partial charge in [-0.3, -0.25) is 9.69 Å². The van der Waals surface area contributed by atoms with E-state index >= 15 is 0 Å². The summed E-state index contributed by atoms with van der Waals surface area (Å²) in [4.78, 5) is 19.5. The second-order valence-electron chi connectivity index (χ2n) is 9.60. The van der Waals surface area contributed by atoms with Crippen LogP contribution >= 0.6 is 11.6 Å². The number of aromatic nitrogens is 3. The lowest BCUT2D eigenvalue weighted by atomic mass is 10.1. The number of ether oxygens (including phenoxy) is 3. The van der Waals surface area contributed by atoms with Crippen LogP contribution in [0.5, 0.6) is 23.0 Å². The van der Waals surface area contributed by atoms with Gasteiger partial charge >= 0.3 is 0 Å². The lowest BCUT2D eigenvalue weighted by Gasteiger charge is -2.23. The largest absolute Gasteiger partial charge is 0.496 e. The molecule has 3 aromatic carbocycles. The maximum Gasteiger partial charge on any atom is 0.238 e. The molecule has 5 rings (SSSR count). The van der Waals surface area contributed by atoms with Crippen molar-refractivity contribution in [3.8, 4) is 23.0 Å². The number of fused-ring (bicyclic) bond motifs is 2. The first-order chi connectivity index (χ1) is 19.6. The molecule has 0 saturated carbocycles. The van der Waals surface area contributed by atoms with Crippen molar-refractivity contribution in [1.82, 2.24) is 19.7 Å². The van der Waals surface area contributed by atoms with Crippen LogP contribution < -0.4 is 19.5 Å². The van der Waals surface area contributed by atoms with E-state index in [2.05, 4.69) is 26.4 Å². The number of hydrogen-bond donors (Lipinski definition) is 1. The lowest BCUT2D eigenvalue weighted by molar-refractivity contribution is -0.117. The monoisotopic (exact) mass is 561 g/mol. The van der Waals surface area contributed by atoms with E-state index in [4.69, 9.17) is 25.8 Å². The molecule has 0 bridgehead atoms. The van der Waals surface area contributed by atoms with Gasteiger partial charge in [0.1, 0.15) is 18.4 Å². The Kier molecular flexibility index (Phi) is 9.15. The molecular weight excluding hydrogens is 530 g/mol. The molecule has 10 heteroatoms. The summed E-state index contributed by atoms with van der Waals surface area (Å²) in [5.74, 6) is 2.36. The molecule has 0 unspecified atom stereocenters. The smallest absolute Gasteiger partial charge is 0.238 e. The minimum Gasteiger partial charge on any atom is -0.496 e. The molecule has 0 aliphatic carbocycles. The number of carbonyl (C=O) groups is 1. The molecule has 1 aliphatic rings. The van der Waals surface area contributed by atoms with E-state index in [1.54, 1.807) is 36.3 Å². The van der Waals surface area contributed by atoms with Crippen LogP contribution in [0.15, 0.2) is 73.3 Å². The minimum atomic E-state index is -0.150. The Labute approximate surface area is 238 Å². The van der Waals surface area contributed by atoms with Gasteiger partial charge in [0.2, 0.25) is 5.91 Å². The molecule has 0 fully saturated rings. The predicted octanol–water partition coefficient (Wildman–Crippen LogP) is 5.78. The van der Waals surface area contributed by atoms with Crippen molar-refractivity contribution in [3.05, 3.63) is 89.5 Å². The SMILES string of the molecule is COc1ccc(CN2CCCCCOc3ccccc3Oc3ccc(Cl)cc3NC(=O)C2)cc1Cn1cncn1.